The van der Waals surface area contributed by atoms with Crippen LogP contribution < -0.4 is 5.32 Å². The van der Waals surface area contributed by atoms with Crippen molar-refractivity contribution in [3.63, 3.8) is 0 Å². The molecule has 19 heavy (non-hydrogen) atoms. The van der Waals surface area contributed by atoms with Crippen molar-refractivity contribution in [3.05, 3.63) is 28.2 Å². The van der Waals surface area contributed by atoms with Gasteiger partial charge in [0.2, 0.25) is 0 Å². The van der Waals surface area contributed by atoms with Gasteiger partial charge >= 0.3 is 0 Å². The summed E-state index contributed by atoms with van der Waals surface area (Å²) < 4.78 is 0.804. The largest absolute Gasteiger partial charge is 0.507 e. The molecule has 1 aromatic carbocycles. The molecule has 0 unspecified atom stereocenters. The summed E-state index contributed by atoms with van der Waals surface area (Å²) >= 11 is 3.33. The van der Waals surface area contributed by atoms with Crippen LogP contribution in [-0.2, 0) is 0 Å². The van der Waals surface area contributed by atoms with E-state index in [0.29, 0.717) is 11.5 Å². The van der Waals surface area contributed by atoms with Gasteiger partial charge in [-0.15, -0.1) is 0 Å². The minimum Gasteiger partial charge on any atom is -0.507 e. The van der Waals surface area contributed by atoms with E-state index in [9.17, 15) is 9.90 Å². The molecule has 0 saturated carbocycles. The zero-order chi connectivity index (χ0) is 13.8. The van der Waals surface area contributed by atoms with Crippen LogP contribution in [0.2, 0.25) is 0 Å². The third kappa shape index (κ3) is 3.48. The Kier molecular flexibility index (Phi) is 4.82. The number of nitrogens with one attached hydrogen (secondary N) is 1. The van der Waals surface area contributed by atoms with E-state index in [-0.39, 0.29) is 11.7 Å². The second-order valence-electron chi connectivity index (χ2n) is 4.95. The molecule has 1 heterocycles. The highest BCUT2D eigenvalue weighted by molar-refractivity contribution is 9.10. The highest BCUT2D eigenvalue weighted by Gasteiger charge is 2.24. The Morgan fingerprint density at radius 2 is 2.16 bits per heavy atom. The predicted octanol–water partition coefficient (Wildman–Crippen LogP) is 2.23. The van der Waals surface area contributed by atoms with E-state index >= 15 is 0 Å². The van der Waals surface area contributed by atoms with Crippen molar-refractivity contribution in [2.24, 2.45) is 5.92 Å². The first-order valence-corrected chi connectivity index (χ1v) is 7.33. The topological polar surface area (TPSA) is 52.6 Å². The zero-order valence-electron chi connectivity index (χ0n) is 11.0. The minimum absolute atomic E-state index is 0.0468. The number of nitrogens with zero attached hydrogens (tertiary/aromatic N) is 1. The Morgan fingerprint density at radius 1 is 1.47 bits per heavy atom. The van der Waals surface area contributed by atoms with E-state index in [1.807, 2.05) is 11.9 Å². The maximum absolute atomic E-state index is 12.4. The molecular formula is C14H19BrN2O2. The fourth-order valence-electron chi connectivity index (χ4n) is 2.48. The maximum Gasteiger partial charge on any atom is 0.257 e. The molecule has 2 N–H and O–H groups in total. The number of amides is 1. The summed E-state index contributed by atoms with van der Waals surface area (Å²) in [6, 6.07) is 4.95. The molecule has 1 aromatic rings. The van der Waals surface area contributed by atoms with E-state index in [4.69, 9.17) is 0 Å². The van der Waals surface area contributed by atoms with Crippen molar-refractivity contribution in [3.8, 4) is 5.75 Å². The number of aromatic hydroxyl groups is 1. The second kappa shape index (κ2) is 6.39. The van der Waals surface area contributed by atoms with Gasteiger partial charge in [0.1, 0.15) is 5.75 Å². The van der Waals surface area contributed by atoms with E-state index in [1.54, 1.807) is 18.2 Å². The molecule has 0 radical (unpaired) electrons. The molecule has 2 rings (SSSR count). The lowest BCUT2D eigenvalue weighted by molar-refractivity contribution is 0.0688. The van der Waals surface area contributed by atoms with Crippen molar-refractivity contribution in [2.75, 3.05) is 26.7 Å². The van der Waals surface area contributed by atoms with Crippen molar-refractivity contribution in [1.82, 2.24) is 10.2 Å². The van der Waals surface area contributed by atoms with Gasteiger partial charge in [0.15, 0.2) is 0 Å². The number of carbonyl (C=O) groups excluding carboxylic acids is 1. The van der Waals surface area contributed by atoms with Crippen LogP contribution in [0.25, 0.3) is 0 Å². The number of likely N-dealkylation sites (tertiary alicyclic amines) is 1. The van der Waals surface area contributed by atoms with Crippen LogP contribution in [0, 0.1) is 5.92 Å². The number of hydrogen-bond acceptors (Lipinski definition) is 3. The van der Waals surface area contributed by atoms with Crippen LogP contribution in [0.1, 0.15) is 23.2 Å². The molecule has 0 spiro atoms. The third-order valence-electron chi connectivity index (χ3n) is 3.58. The number of benzene rings is 1. The van der Waals surface area contributed by atoms with Crippen molar-refractivity contribution >= 4 is 21.8 Å². The van der Waals surface area contributed by atoms with Gasteiger partial charge in [-0.3, -0.25) is 4.79 Å². The Bertz CT molecular complexity index is 457. The van der Waals surface area contributed by atoms with Crippen molar-refractivity contribution < 1.29 is 9.90 Å². The third-order valence-corrected chi connectivity index (χ3v) is 4.08. The smallest absolute Gasteiger partial charge is 0.257 e. The van der Waals surface area contributed by atoms with E-state index in [1.165, 1.54) is 0 Å². The van der Waals surface area contributed by atoms with Gasteiger partial charge in [-0.2, -0.15) is 0 Å². The molecule has 4 nitrogen and oxygen atoms in total. The van der Waals surface area contributed by atoms with Gasteiger partial charge in [-0.25, -0.2) is 0 Å². The summed E-state index contributed by atoms with van der Waals surface area (Å²) in [4.78, 5) is 14.2. The quantitative estimate of drug-likeness (QED) is 0.895. The van der Waals surface area contributed by atoms with Crippen molar-refractivity contribution in [1.29, 1.82) is 0 Å². The minimum atomic E-state index is -0.0818. The first kappa shape index (κ1) is 14.3. The van der Waals surface area contributed by atoms with Gasteiger partial charge in [0.05, 0.1) is 5.56 Å². The monoisotopic (exact) mass is 326 g/mol. The molecular weight excluding hydrogens is 308 g/mol. The van der Waals surface area contributed by atoms with Gasteiger partial charge < -0.3 is 15.3 Å². The first-order valence-electron chi connectivity index (χ1n) is 6.54. The number of phenolic OH excluding ortho intramolecular Hbond substituents is 1. The lowest BCUT2D eigenvalue weighted by Crippen LogP contribution is -2.40. The molecule has 0 aliphatic carbocycles. The van der Waals surface area contributed by atoms with Gasteiger partial charge in [-0.1, -0.05) is 15.9 Å². The summed E-state index contributed by atoms with van der Waals surface area (Å²) in [5, 5.41) is 13.0. The highest BCUT2D eigenvalue weighted by atomic mass is 79.9. The van der Waals surface area contributed by atoms with Crippen molar-refractivity contribution in [2.45, 2.75) is 12.8 Å². The fraction of sp³-hybridized carbons (Fsp3) is 0.500. The fourth-order valence-corrected chi connectivity index (χ4v) is 2.84. The SMILES string of the molecule is CNCC1CCN(C(=O)c2cc(Br)ccc2O)CC1. The summed E-state index contributed by atoms with van der Waals surface area (Å²) in [5.74, 6) is 0.609. The van der Waals surface area contributed by atoms with E-state index in [2.05, 4.69) is 21.2 Å². The molecule has 0 bridgehead atoms. The first-order chi connectivity index (χ1) is 9.11. The van der Waals surface area contributed by atoms with Gasteiger partial charge in [-0.05, 0) is 50.6 Å². The summed E-state index contributed by atoms with van der Waals surface area (Å²) in [7, 11) is 1.96. The molecule has 5 heteroatoms. The molecule has 1 aliphatic heterocycles. The molecule has 1 fully saturated rings. The molecule has 1 saturated heterocycles. The number of phenols is 1. The number of rotatable bonds is 3. The average Bonchev–Trinajstić information content (AvgIpc) is 2.42. The lowest BCUT2D eigenvalue weighted by atomic mass is 9.96. The molecule has 0 aromatic heterocycles. The molecule has 0 atom stereocenters. The number of piperidine rings is 1. The Labute approximate surface area is 121 Å². The van der Waals surface area contributed by atoms with Crippen LogP contribution in [0.15, 0.2) is 22.7 Å². The number of carbonyl (C=O) groups is 1. The summed E-state index contributed by atoms with van der Waals surface area (Å²) in [6.07, 6.45) is 2.03. The van der Waals surface area contributed by atoms with Crippen LogP contribution in [0.3, 0.4) is 0 Å². The van der Waals surface area contributed by atoms with Crippen LogP contribution in [0.5, 0.6) is 5.75 Å². The summed E-state index contributed by atoms with van der Waals surface area (Å²) in [5.41, 5.74) is 0.376. The van der Waals surface area contributed by atoms with Crippen LogP contribution >= 0.6 is 15.9 Å². The van der Waals surface area contributed by atoms with E-state index < -0.39 is 0 Å². The number of halogens is 1. The van der Waals surface area contributed by atoms with Crippen LogP contribution in [-0.4, -0.2) is 42.6 Å². The predicted molar refractivity (Wildman–Crippen MR) is 78.4 cm³/mol. The van der Waals surface area contributed by atoms with E-state index in [0.717, 1.165) is 36.9 Å². The number of hydrogen-bond donors (Lipinski definition) is 2. The van der Waals surface area contributed by atoms with Crippen LogP contribution in [0.4, 0.5) is 0 Å². The Hall–Kier alpha value is -1.07. The maximum atomic E-state index is 12.4. The zero-order valence-corrected chi connectivity index (χ0v) is 12.6. The standard InChI is InChI=1S/C14H19BrN2O2/c1-16-9-10-4-6-17(7-5-10)14(19)12-8-11(15)2-3-13(12)18/h2-3,8,10,16,18H,4-7,9H2,1H3. The van der Waals surface area contributed by atoms with Gasteiger partial charge in [0, 0.05) is 17.6 Å². The Morgan fingerprint density at radius 3 is 2.79 bits per heavy atom. The normalized spacial score (nSPS) is 16.6. The summed E-state index contributed by atoms with van der Waals surface area (Å²) in [6.45, 7) is 2.53. The molecule has 1 amide bonds. The lowest BCUT2D eigenvalue weighted by Gasteiger charge is -2.32. The Balaban J connectivity index is 2.03. The molecule has 104 valence electrons. The highest BCUT2D eigenvalue weighted by Crippen LogP contribution is 2.25. The average molecular weight is 327 g/mol. The van der Waals surface area contributed by atoms with Gasteiger partial charge in [0.25, 0.3) is 5.91 Å². The molecule has 1 aliphatic rings. The second-order valence-corrected chi connectivity index (χ2v) is 5.87.